The van der Waals surface area contributed by atoms with Gasteiger partial charge < -0.3 is 23.2 Å². The Kier molecular flexibility index (Phi) is 10.4. The molecule has 0 saturated carbocycles. The number of benzene rings is 1. The lowest BCUT2D eigenvalue weighted by Crippen LogP contribution is -2.58. The predicted molar refractivity (Wildman–Crippen MR) is 179 cm³/mol. The molecule has 1 aromatic rings. The molecule has 0 fully saturated rings. The molecule has 8 nitrogen and oxygen atoms in total. The first-order valence-electron chi connectivity index (χ1n) is 15.5. The maximum absolute atomic E-state index is 14.3. The molecule has 0 unspecified atom stereocenters. The van der Waals surface area contributed by atoms with Gasteiger partial charge in [0.2, 0.25) is 0 Å². The zero-order chi connectivity index (χ0) is 32.7. The van der Waals surface area contributed by atoms with Crippen LogP contribution in [0.3, 0.4) is 0 Å². The number of ether oxygens (including phenoxy) is 2. The minimum Gasteiger partial charge on any atom is -0.540 e. The van der Waals surface area contributed by atoms with Crippen LogP contribution in [-0.4, -0.2) is 59.5 Å². The van der Waals surface area contributed by atoms with Crippen molar-refractivity contribution in [3.63, 3.8) is 0 Å². The summed E-state index contributed by atoms with van der Waals surface area (Å²) in [6.45, 7) is 29.9. The summed E-state index contributed by atoms with van der Waals surface area (Å²) in [7, 11) is -3.30. The molecule has 2 aliphatic heterocycles. The second kappa shape index (κ2) is 12.8. The average Bonchev–Trinajstić information content (AvgIpc) is 3.26. The largest absolute Gasteiger partial charge is 0.540 e. The molecule has 2 heterocycles. The molecule has 0 bridgehead atoms. The Labute approximate surface area is 261 Å². The third kappa shape index (κ3) is 6.47. The van der Waals surface area contributed by atoms with Gasteiger partial charge in [0.25, 0.3) is 14.2 Å². The summed E-state index contributed by atoms with van der Waals surface area (Å²) in [5, 5.41) is -0.139. The molecule has 43 heavy (non-hydrogen) atoms. The van der Waals surface area contributed by atoms with E-state index >= 15 is 0 Å². The van der Waals surface area contributed by atoms with Crippen LogP contribution in [0.4, 0.5) is 10.5 Å². The quantitative estimate of drug-likeness (QED) is 0.190. The maximum atomic E-state index is 14.3. The molecule has 0 N–H and O–H groups in total. The van der Waals surface area contributed by atoms with Crippen LogP contribution in [0.5, 0.6) is 11.5 Å². The maximum Gasteiger partial charge on any atom is 0.416 e. The Morgan fingerprint density at radius 2 is 1.65 bits per heavy atom. The van der Waals surface area contributed by atoms with E-state index < -0.39 is 35.0 Å². The molecule has 10 heteroatoms. The highest BCUT2D eigenvalue weighted by molar-refractivity contribution is 6.78. The summed E-state index contributed by atoms with van der Waals surface area (Å²) >= 11 is 0. The molecule has 2 amide bonds. The molecule has 240 valence electrons. The van der Waals surface area contributed by atoms with Crippen LogP contribution in [-0.2, 0) is 9.16 Å². The molecular weight excluding hydrogens is 577 g/mol. The molecule has 0 aliphatic carbocycles. The lowest BCUT2D eigenvalue weighted by atomic mass is 10.1. The molecular formula is C33H54N2O6Si2. The van der Waals surface area contributed by atoms with Gasteiger partial charge in [0, 0.05) is 12.3 Å². The van der Waals surface area contributed by atoms with Crippen molar-refractivity contribution < 1.29 is 27.9 Å². The van der Waals surface area contributed by atoms with Crippen molar-refractivity contribution in [2.24, 2.45) is 0 Å². The lowest BCUT2D eigenvalue weighted by molar-refractivity contribution is 0.0589. The molecule has 0 aromatic heterocycles. The smallest absolute Gasteiger partial charge is 0.416 e. The highest BCUT2D eigenvalue weighted by Crippen LogP contribution is 2.49. The highest BCUT2D eigenvalue weighted by Gasteiger charge is 2.51. The number of amides is 2. The van der Waals surface area contributed by atoms with Crippen LogP contribution in [0, 0.1) is 0 Å². The van der Waals surface area contributed by atoms with E-state index in [0.717, 1.165) is 5.57 Å². The van der Waals surface area contributed by atoms with Gasteiger partial charge in [-0.2, -0.15) is 0 Å². The van der Waals surface area contributed by atoms with Gasteiger partial charge in [-0.25, -0.2) is 9.69 Å². The monoisotopic (exact) mass is 630 g/mol. The fourth-order valence-electron chi connectivity index (χ4n) is 6.42. The second-order valence-electron chi connectivity index (χ2n) is 14.4. The number of methoxy groups -OCH3 is 1. The summed E-state index contributed by atoms with van der Waals surface area (Å²) in [5.74, 6) is 0.772. The minimum atomic E-state index is -2.45. The standard InChI is InChI=1S/C33H54N2O6Si2/c1-15-16-39-32(37)35-26-19-29(40-43(21(2)3,22(4)5)23(6)7)28(38-12)18-25(26)30(36)34-20-24(8)17-27(34)31(35)41-42(13,14)33(9,10)11/h15,18-23,27,31H,1,16-17H2,2-14H3/t27-,31-/m0/s1. The van der Waals surface area contributed by atoms with Crippen molar-refractivity contribution in [3.05, 3.63) is 42.1 Å². The molecule has 1 aromatic carbocycles. The fourth-order valence-corrected chi connectivity index (χ4v) is 12.9. The summed E-state index contributed by atoms with van der Waals surface area (Å²) in [5.41, 5.74) is 2.69. The van der Waals surface area contributed by atoms with Gasteiger partial charge in [0.1, 0.15) is 12.4 Å². The average molecular weight is 631 g/mol. The summed E-state index contributed by atoms with van der Waals surface area (Å²) in [4.78, 5) is 31.6. The first-order chi connectivity index (χ1) is 19.8. The number of carbonyl (C=O) groups is 2. The summed E-state index contributed by atoms with van der Waals surface area (Å²) < 4.78 is 25.7. The number of fused-ring (bicyclic) bond motifs is 2. The highest BCUT2D eigenvalue weighted by atomic mass is 28.4. The van der Waals surface area contributed by atoms with Crippen molar-refractivity contribution in [1.82, 2.24) is 4.90 Å². The Hall–Kier alpha value is -2.57. The Balaban J connectivity index is 2.37. The molecule has 2 aliphatic rings. The van der Waals surface area contributed by atoms with Crippen LogP contribution in [0.15, 0.2) is 36.6 Å². The zero-order valence-electron chi connectivity index (χ0n) is 28.7. The number of carbonyl (C=O) groups excluding carboxylic acids is 2. The first-order valence-corrected chi connectivity index (χ1v) is 20.5. The van der Waals surface area contributed by atoms with Gasteiger partial charge in [0.05, 0.1) is 24.4 Å². The SMILES string of the molecule is C=CCOC(=O)N1c2cc(O[Si](C(C)C)(C(C)C)C(C)C)c(OC)cc2C(=O)N2C=C(C)C[C@H]2[C@@H]1O[Si](C)(C)C(C)(C)C. The van der Waals surface area contributed by atoms with Gasteiger partial charge in [-0.15, -0.1) is 0 Å². The molecule has 0 radical (unpaired) electrons. The van der Waals surface area contributed by atoms with Gasteiger partial charge in [-0.3, -0.25) is 4.79 Å². The third-order valence-corrected chi connectivity index (χ3v) is 20.0. The number of hydrogen-bond acceptors (Lipinski definition) is 6. The van der Waals surface area contributed by atoms with Crippen LogP contribution >= 0.6 is 0 Å². The molecule has 3 rings (SSSR count). The normalized spacial score (nSPS) is 19.3. The van der Waals surface area contributed by atoms with Crippen LogP contribution in [0.1, 0.15) is 86.0 Å². The van der Waals surface area contributed by atoms with Crippen molar-refractivity contribution in [1.29, 1.82) is 0 Å². The van der Waals surface area contributed by atoms with Crippen molar-refractivity contribution >= 4 is 34.3 Å². The first kappa shape index (κ1) is 34.9. The number of hydrogen-bond donors (Lipinski definition) is 0. The van der Waals surface area contributed by atoms with Crippen LogP contribution in [0.25, 0.3) is 0 Å². The number of rotatable bonds is 10. The van der Waals surface area contributed by atoms with Crippen molar-refractivity contribution in [3.8, 4) is 11.5 Å². The minimum absolute atomic E-state index is 0.0284. The van der Waals surface area contributed by atoms with Gasteiger partial charge >= 0.3 is 6.09 Å². The van der Waals surface area contributed by atoms with Crippen molar-refractivity contribution in [2.45, 2.75) is 123 Å². The topological polar surface area (TPSA) is 77.5 Å². The lowest BCUT2D eigenvalue weighted by Gasteiger charge is -2.44. The number of anilines is 1. The van der Waals surface area contributed by atoms with Gasteiger partial charge in [-0.1, -0.05) is 80.5 Å². The third-order valence-electron chi connectivity index (χ3n) is 9.57. The Morgan fingerprint density at radius 1 is 1.07 bits per heavy atom. The van der Waals surface area contributed by atoms with Crippen LogP contribution < -0.4 is 14.1 Å². The van der Waals surface area contributed by atoms with E-state index in [1.807, 2.05) is 13.1 Å². The van der Waals surface area contributed by atoms with E-state index in [4.69, 9.17) is 18.3 Å². The van der Waals surface area contributed by atoms with E-state index in [-0.39, 0.29) is 17.6 Å². The predicted octanol–water partition coefficient (Wildman–Crippen LogP) is 8.86. The Bertz CT molecular complexity index is 1230. The summed E-state index contributed by atoms with van der Waals surface area (Å²) in [6.07, 6.45) is 2.62. The Morgan fingerprint density at radius 3 is 2.14 bits per heavy atom. The van der Waals surface area contributed by atoms with E-state index in [9.17, 15) is 9.59 Å². The van der Waals surface area contributed by atoms with E-state index in [1.54, 1.807) is 29.0 Å². The molecule has 0 saturated heterocycles. The van der Waals surface area contributed by atoms with E-state index in [2.05, 4.69) is 82.0 Å². The van der Waals surface area contributed by atoms with Gasteiger partial charge in [0.15, 0.2) is 20.3 Å². The molecule has 0 spiro atoms. The van der Waals surface area contributed by atoms with E-state index in [1.165, 1.54) is 6.08 Å². The molecule has 2 atom stereocenters. The summed E-state index contributed by atoms with van der Waals surface area (Å²) in [6, 6.07) is 3.10. The second-order valence-corrected chi connectivity index (χ2v) is 24.5. The number of nitrogens with zero attached hydrogens (tertiary/aromatic N) is 2. The zero-order valence-corrected chi connectivity index (χ0v) is 30.7. The van der Waals surface area contributed by atoms with Crippen molar-refractivity contribution in [2.75, 3.05) is 18.6 Å². The fraction of sp³-hybridized carbons (Fsp3) is 0.636. The van der Waals surface area contributed by atoms with E-state index in [0.29, 0.717) is 45.8 Å². The van der Waals surface area contributed by atoms with Gasteiger partial charge in [-0.05, 0) is 54.2 Å². The van der Waals surface area contributed by atoms with Crippen LogP contribution in [0.2, 0.25) is 34.8 Å².